The lowest BCUT2D eigenvalue weighted by atomic mass is 10.2. The minimum absolute atomic E-state index is 0.552. The van der Waals surface area contributed by atoms with E-state index >= 15 is 0 Å². The largest absolute Gasteiger partial charge is 0.490 e. The molecule has 0 amide bonds. The van der Waals surface area contributed by atoms with E-state index < -0.39 is 0 Å². The van der Waals surface area contributed by atoms with Gasteiger partial charge in [-0.2, -0.15) is 0 Å². The standard InChI is InChI=1S/C12H13NO2/c1-14-6-7-15-11-8-10-4-2-3-5-12(10)13-9-11/h2-5,8-9H,6-7H2,1H3. The molecule has 0 aliphatic heterocycles. The monoisotopic (exact) mass is 203 g/mol. The molecule has 78 valence electrons. The Labute approximate surface area is 88.7 Å². The first kappa shape index (κ1) is 9.93. The summed E-state index contributed by atoms with van der Waals surface area (Å²) >= 11 is 0. The number of rotatable bonds is 4. The van der Waals surface area contributed by atoms with E-state index in [1.807, 2.05) is 30.3 Å². The predicted octanol–water partition coefficient (Wildman–Crippen LogP) is 2.26. The van der Waals surface area contributed by atoms with Gasteiger partial charge in [0.15, 0.2) is 0 Å². The first-order valence-electron chi connectivity index (χ1n) is 4.86. The summed E-state index contributed by atoms with van der Waals surface area (Å²) in [7, 11) is 1.65. The van der Waals surface area contributed by atoms with Crippen LogP contribution >= 0.6 is 0 Å². The fourth-order valence-corrected chi connectivity index (χ4v) is 1.37. The van der Waals surface area contributed by atoms with Gasteiger partial charge >= 0.3 is 0 Å². The van der Waals surface area contributed by atoms with Crippen molar-refractivity contribution in [1.82, 2.24) is 4.98 Å². The van der Waals surface area contributed by atoms with E-state index in [2.05, 4.69) is 4.98 Å². The molecule has 0 fully saturated rings. The Morgan fingerprint density at radius 3 is 2.93 bits per heavy atom. The van der Waals surface area contributed by atoms with Crippen LogP contribution in [0.5, 0.6) is 5.75 Å². The maximum atomic E-state index is 5.47. The maximum Gasteiger partial charge on any atom is 0.138 e. The van der Waals surface area contributed by atoms with Crippen LogP contribution in [0.25, 0.3) is 10.9 Å². The minimum atomic E-state index is 0.552. The highest BCUT2D eigenvalue weighted by molar-refractivity contribution is 5.79. The van der Waals surface area contributed by atoms with E-state index in [4.69, 9.17) is 9.47 Å². The van der Waals surface area contributed by atoms with Crippen molar-refractivity contribution in [2.45, 2.75) is 0 Å². The summed E-state index contributed by atoms with van der Waals surface area (Å²) in [5.74, 6) is 0.783. The zero-order valence-electron chi connectivity index (χ0n) is 8.64. The van der Waals surface area contributed by atoms with Gasteiger partial charge in [0.25, 0.3) is 0 Å². The number of fused-ring (bicyclic) bond motifs is 1. The summed E-state index contributed by atoms with van der Waals surface area (Å²) in [5, 5.41) is 1.09. The Hall–Kier alpha value is -1.61. The van der Waals surface area contributed by atoms with Crippen LogP contribution in [-0.2, 0) is 4.74 Å². The van der Waals surface area contributed by atoms with E-state index in [1.54, 1.807) is 13.3 Å². The van der Waals surface area contributed by atoms with Gasteiger partial charge < -0.3 is 9.47 Å². The third-order valence-corrected chi connectivity index (χ3v) is 2.12. The summed E-state index contributed by atoms with van der Waals surface area (Å²) in [6.45, 7) is 1.14. The van der Waals surface area contributed by atoms with E-state index in [0.29, 0.717) is 13.2 Å². The number of pyridine rings is 1. The van der Waals surface area contributed by atoms with Crippen LogP contribution in [-0.4, -0.2) is 25.3 Å². The van der Waals surface area contributed by atoms with E-state index in [9.17, 15) is 0 Å². The number of methoxy groups -OCH3 is 1. The van der Waals surface area contributed by atoms with Crippen molar-refractivity contribution in [3.8, 4) is 5.75 Å². The van der Waals surface area contributed by atoms with Crippen LogP contribution in [0.2, 0.25) is 0 Å². The summed E-state index contributed by atoms with van der Waals surface area (Å²) in [4.78, 5) is 4.29. The number of aromatic nitrogens is 1. The number of para-hydroxylation sites is 1. The molecular weight excluding hydrogens is 190 g/mol. The van der Waals surface area contributed by atoms with Crippen LogP contribution in [0.3, 0.4) is 0 Å². The van der Waals surface area contributed by atoms with Crippen molar-refractivity contribution in [3.05, 3.63) is 36.5 Å². The lowest BCUT2D eigenvalue weighted by molar-refractivity contribution is 0.146. The van der Waals surface area contributed by atoms with Crippen molar-refractivity contribution < 1.29 is 9.47 Å². The predicted molar refractivity (Wildman–Crippen MR) is 59.1 cm³/mol. The molecule has 0 spiro atoms. The molecule has 3 nitrogen and oxygen atoms in total. The van der Waals surface area contributed by atoms with Crippen molar-refractivity contribution in [3.63, 3.8) is 0 Å². The van der Waals surface area contributed by atoms with Crippen LogP contribution in [0.4, 0.5) is 0 Å². The molecule has 0 saturated heterocycles. The second-order valence-electron chi connectivity index (χ2n) is 3.20. The lowest BCUT2D eigenvalue weighted by Crippen LogP contribution is -2.04. The average molecular weight is 203 g/mol. The Balaban J connectivity index is 2.16. The van der Waals surface area contributed by atoms with Crippen LogP contribution in [0.15, 0.2) is 36.5 Å². The van der Waals surface area contributed by atoms with Crippen molar-refractivity contribution >= 4 is 10.9 Å². The highest BCUT2D eigenvalue weighted by Gasteiger charge is 1.97. The topological polar surface area (TPSA) is 31.4 Å². The molecule has 2 aromatic rings. The Morgan fingerprint density at radius 2 is 2.07 bits per heavy atom. The zero-order valence-corrected chi connectivity index (χ0v) is 8.64. The van der Waals surface area contributed by atoms with Crippen LogP contribution in [0.1, 0.15) is 0 Å². The number of hydrogen-bond acceptors (Lipinski definition) is 3. The van der Waals surface area contributed by atoms with Crippen molar-refractivity contribution in [1.29, 1.82) is 0 Å². The molecule has 15 heavy (non-hydrogen) atoms. The molecule has 3 heteroatoms. The van der Waals surface area contributed by atoms with Gasteiger partial charge in [0, 0.05) is 12.5 Å². The molecular formula is C12H13NO2. The van der Waals surface area contributed by atoms with Gasteiger partial charge in [-0.15, -0.1) is 0 Å². The van der Waals surface area contributed by atoms with E-state index in [1.165, 1.54) is 0 Å². The van der Waals surface area contributed by atoms with E-state index in [-0.39, 0.29) is 0 Å². The van der Waals surface area contributed by atoms with Gasteiger partial charge in [0.05, 0.1) is 18.3 Å². The SMILES string of the molecule is COCCOc1cnc2ccccc2c1. The van der Waals surface area contributed by atoms with Crippen molar-refractivity contribution in [2.24, 2.45) is 0 Å². The second-order valence-corrected chi connectivity index (χ2v) is 3.20. The quantitative estimate of drug-likeness (QED) is 0.714. The first-order valence-corrected chi connectivity index (χ1v) is 4.86. The Kier molecular flexibility index (Phi) is 3.15. The maximum absolute atomic E-state index is 5.47. The number of benzene rings is 1. The zero-order chi connectivity index (χ0) is 10.5. The molecule has 0 bridgehead atoms. The highest BCUT2D eigenvalue weighted by atomic mass is 16.5. The molecule has 0 aliphatic rings. The molecule has 1 aromatic heterocycles. The van der Waals surface area contributed by atoms with Gasteiger partial charge in [0.2, 0.25) is 0 Å². The first-order chi connectivity index (χ1) is 7.40. The molecule has 2 rings (SSSR count). The summed E-state index contributed by atoms with van der Waals surface area (Å²) in [6.07, 6.45) is 1.73. The third kappa shape index (κ3) is 2.44. The van der Waals surface area contributed by atoms with Gasteiger partial charge in [-0.05, 0) is 12.1 Å². The molecule has 0 atom stereocenters. The van der Waals surface area contributed by atoms with Gasteiger partial charge in [-0.3, -0.25) is 4.98 Å². The van der Waals surface area contributed by atoms with Gasteiger partial charge in [-0.25, -0.2) is 0 Å². The highest BCUT2D eigenvalue weighted by Crippen LogP contribution is 2.17. The number of ether oxygens (including phenoxy) is 2. The molecule has 0 radical (unpaired) electrons. The summed E-state index contributed by atoms with van der Waals surface area (Å²) in [6, 6.07) is 9.95. The minimum Gasteiger partial charge on any atom is -0.490 e. The normalized spacial score (nSPS) is 10.5. The van der Waals surface area contributed by atoms with Crippen LogP contribution < -0.4 is 4.74 Å². The molecule has 0 unspecified atom stereocenters. The lowest BCUT2D eigenvalue weighted by Gasteiger charge is -2.05. The Bertz CT molecular complexity index is 442. The van der Waals surface area contributed by atoms with E-state index in [0.717, 1.165) is 16.7 Å². The fraction of sp³-hybridized carbons (Fsp3) is 0.250. The molecule has 1 aromatic carbocycles. The summed E-state index contributed by atoms with van der Waals surface area (Å²) < 4.78 is 10.4. The molecule has 0 N–H and O–H groups in total. The second kappa shape index (κ2) is 4.75. The fourth-order valence-electron chi connectivity index (χ4n) is 1.37. The van der Waals surface area contributed by atoms with Gasteiger partial charge in [0.1, 0.15) is 12.4 Å². The van der Waals surface area contributed by atoms with Crippen LogP contribution in [0, 0.1) is 0 Å². The molecule has 1 heterocycles. The van der Waals surface area contributed by atoms with Gasteiger partial charge in [-0.1, -0.05) is 18.2 Å². The van der Waals surface area contributed by atoms with Crippen molar-refractivity contribution in [2.75, 3.05) is 20.3 Å². The third-order valence-electron chi connectivity index (χ3n) is 2.12. The number of nitrogens with zero attached hydrogens (tertiary/aromatic N) is 1. The Morgan fingerprint density at radius 1 is 1.20 bits per heavy atom. The molecule has 0 aliphatic carbocycles. The average Bonchev–Trinajstić information content (AvgIpc) is 2.29. The summed E-state index contributed by atoms with van der Waals surface area (Å²) in [5.41, 5.74) is 0.983. The smallest absolute Gasteiger partial charge is 0.138 e. The number of hydrogen-bond donors (Lipinski definition) is 0. The molecule has 0 saturated carbocycles.